The fourth-order valence-electron chi connectivity index (χ4n) is 2.04. The molecule has 0 bridgehead atoms. The highest BCUT2D eigenvalue weighted by Crippen LogP contribution is 2.29. The smallest absolute Gasteiger partial charge is 0.254 e. The molecular formula is C15H19N3O4. The number of ether oxygens (including phenoxy) is 2. The maximum atomic E-state index is 11.9. The van der Waals surface area contributed by atoms with Crippen molar-refractivity contribution >= 4 is 5.91 Å². The van der Waals surface area contributed by atoms with E-state index in [2.05, 4.69) is 10.4 Å². The molecule has 1 amide bonds. The van der Waals surface area contributed by atoms with Crippen molar-refractivity contribution in [3.63, 3.8) is 0 Å². The summed E-state index contributed by atoms with van der Waals surface area (Å²) < 4.78 is 11.9. The van der Waals surface area contributed by atoms with Crippen molar-refractivity contribution in [1.29, 1.82) is 0 Å². The Kier molecular flexibility index (Phi) is 5.00. The van der Waals surface area contributed by atoms with Gasteiger partial charge in [-0.15, -0.1) is 0 Å². The molecule has 0 aliphatic heterocycles. The Hall–Kier alpha value is -2.54. The van der Waals surface area contributed by atoms with Gasteiger partial charge in [0.2, 0.25) is 0 Å². The number of benzene rings is 1. The second-order valence-electron chi connectivity index (χ2n) is 4.74. The molecule has 118 valence electrons. The first-order valence-electron chi connectivity index (χ1n) is 6.72. The molecule has 7 heteroatoms. The van der Waals surface area contributed by atoms with E-state index in [1.807, 2.05) is 0 Å². The monoisotopic (exact) mass is 305 g/mol. The van der Waals surface area contributed by atoms with Gasteiger partial charge >= 0.3 is 0 Å². The lowest BCUT2D eigenvalue weighted by molar-refractivity contribution is 0.0914. The highest BCUT2D eigenvalue weighted by atomic mass is 16.5. The first-order chi connectivity index (χ1) is 10.5. The predicted molar refractivity (Wildman–Crippen MR) is 80.0 cm³/mol. The maximum absolute atomic E-state index is 11.9. The zero-order valence-electron chi connectivity index (χ0n) is 12.7. The Morgan fingerprint density at radius 1 is 1.41 bits per heavy atom. The van der Waals surface area contributed by atoms with E-state index in [0.29, 0.717) is 22.6 Å². The summed E-state index contributed by atoms with van der Waals surface area (Å²) in [5.41, 5.74) is 0.987. The molecule has 0 saturated heterocycles. The van der Waals surface area contributed by atoms with Crippen molar-refractivity contribution in [2.75, 3.05) is 20.8 Å². The number of methoxy groups -OCH3 is 2. The average molecular weight is 305 g/mol. The number of carbonyl (C=O) groups is 1. The van der Waals surface area contributed by atoms with E-state index >= 15 is 0 Å². The Morgan fingerprint density at radius 3 is 2.77 bits per heavy atom. The number of hydrogen-bond acceptors (Lipinski definition) is 5. The molecule has 2 N–H and O–H groups in total. The molecule has 1 aromatic carbocycles. The number of aromatic nitrogens is 2. The summed E-state index contributed by atoms with van der Waals surface area (Å²) in [7, 11) is 4.79. The third-order valence-corrected chi connectivity index (χ3v) is 3.22. The highest BCUT2D eigenvalue weighted by molar-refractivity contribution is 5.93. The molecule has 7 nitrogen and oxygen atoms in total. The lowest BCUT2D eigenvalue weighted by Gasteiger charge is -2.16. The molecule has 1 aromatic heterocycles. The molecule has 0 spiro atoms. The fourth-order valence-corrected chi connectivity index (χ4v) is 2.04. The highest BCUT2D eigenvalue weighted by Gasteiger charge is 2.16. The van der Waals surface area contributed by atoms with Gasteiger partial charge in [-0.25, -0.2) is 0 Å². The van der Waals surface area contributed by atoms with Gasteiger partial charge in [0.15, 0.2) is 0 Å². The van der Waals surface area contributed by atoms with Gasteiger partial charge in [0.1, 0.15) is 17.6 Å². The second kappa shape index (κ2) is 6.95. The number of aryl methyl sites for hydroxylation is 1. The molecule has 1 unspecified atom stereocenters. The zero-order chi connectivity index (χ0) is 16.1. The van der Waals surface area contributed by atoms with Crippen molar-refractivity contribution in [3.8, 4) is 11.5 Å². The average Bonchev–Trinajstić information content (AvgIpc) is 2.98. The third-order valence-electron chi connectivity index (χ3n) is 3.22. The molecule has 0 fully saturated rings. The van der Waals surface area contributed by atoms with Crippen molar-refractivity contribution in [2.24, 2.45) is 7.05 Å². The summed E-state index contributed by atoms with van der Waals surface area (Å²) >= 11 is 0. The molecule has 0 aliphatic rings. The largest absolute Gasteiger partial charge is 0.497 e. The van der Waals surface area contributed by atoms with E-state index in [0.717, 1.165) is 0 Å². The van der Waals surface area contributed by atoms with Crippen LogP contribution < -0.4 is 14.8 Å². The number of amides is 1. The molecule has 22 heavy (non-hydrogen) atoms. The van der Waals surface area contributed by atoms with Gasteiger partial charge in [-0.3, -0.25) is 9.48 Å². The van der Waals surface area contributed by atoms with E-state index in [9.17, 15) is 9.90 Å². The molecule has 2 aromatic rings. The second-order valence-corrected chi connectivity index (χ2v) is 4.74. The summed E-state index contributed by atoms with van der Waals surface area (Å²) in [5, 5.41) is 16.9. The van der Waals surface area contributed by atoms with Gasteiger partial charge in [0.05, 0.1) is 26.0 Å². The third kappa shape index (κ3) is 3.56. The van der Waals surface area contributed by atoms with Crippen LogP contribution in [0.15, 0.2) is 30.6 Å². The number of hydrogen-bond donors (Lipinski definition) is 2. The van der Waals surface area contributed by atoms with Crippen LogP contribution >= 0.6 is 0 Å². The Balaban J connectivity index is 2.05. The summed E-state index contributed by atoms with van der Waals surface area (Å²) in [6, 6.07) is 5.13. The molecule has 0 aliphatic carbocycles. The minimum absolute atomic E-state index is 0.0528. The summed E-state index contributed by atoms with van der Waals surface area (Å²) in [6.07, 6.45) is 2.16. The minimum atomic E-state index is -0.911. The van der Waals surface area contributed by atoms with E-state index < -0.39 is 6.10 Å². The van der Waals surface area contributed by atoms with Crippen LogP contribution in [0.2, 0.25) is 0 Å². The molecule has 1 atom stereocenters. The van der Waals surface area contributed by atoms with Crippen molar-refractivity contribution in [2.45, 2.75) is 6.10 Å². The SMILES string of the molecule is COc1ccc(OC)c(C(O)CNC(=O)c2cnn(C)c2)c1. The number of carbonyl (C=O) groups excluding carboxylic acids is 1. The molecule has 1 heterocycles. The van der Waals surface area contributed by atoms with Crippen LogP contribution in [0.4, 0.5) is 0 Å². The van der Waals surface area contributed by atoms with Crippen LogP contribution in [-0.2, 0) is 7.05 Å². The topological polar surface area (TPSA) is 85.6 Å². The van der Waals surface area contributed by atoms with E-state index in [1.165, 1.54) is 18.0 Å². The molecular weight excluding hydrogens is 286 g/mol. The standard InChI is InChI=1S/C15H19N3O4/c1-18-9-10(7-17-18)15(20)16-8-13(19)12-6-11(21-2)4-5-14(12)22-3/h4-7,9,13,19H,8H2,1-3H3,(H,16,20). The zero-order valence-corrected chi connectivity index (χ0v) is 12.7. The maximum Gasteiger partial charge on any atom is 0.254 e. The number of rotatable bonds is 6. The lowest BCUT2D eigenvalue weighted by atomic mass is 10.1. The van der Waals surface area contributed by atoms with Crippen LogP contribution in [0.1, 0.15) is 22.0 Å². The van der Waals surface area contributed by atoms with Gasteiger partial charge in [-0.05, 0) is 18.2 Å². The van der Waals surface area contributed by atoms with Crippen LogP contribution in [0, 0.1) is 0 Å². The molecule has 0 saturated carbocycles. The molecule has 0 radical (unpaired) electrons. The van der Waals surface area contributed by atoms with Gasteiger partial charge < -0.3 is 19.9 Å². The van der Waals surface area contributed by atoms with Gasteiger partial charge in [-0.2, -0.15) is 5.10 Å². The van der Waals surface area contributed by atoms with Crippen LogP contribution in [0.25, 0.3) is 0 Å². The Bertz CT molecular complexity index is 654. The fraction of sp³-hybridized carbons (Fsp3) is 0.333. The number of nitrogens with zero attached hydrogens (tertiary/aromatic N) is 2. The van der Waals surface area contributed by atoms with Crippen molar-refractivity contribution in [3.05, 3.63) is 41.7 Å². The first kappa shape index (κ1) is 15.8. The Morgan fingerprint density at radius 2 is 2.18 bits per heavy atom. The number of nitrogens with one attached hydrogen (secondary N) is 1. The van der Waals surface area contributed by atoms with Crippen molar-refractivity contribution < 1.29 is 19.4 Å². The van der Waals surface area contributed by atoms with Crippen LogP contribution in [0.5, 0.6) is 11.5 Å². The predicted octanol–water partition coefficient (Wildman–Crippen LogP) is 0.901. The van der Waals surface area contributed by atoms with E-state index in [1.54, 1.807) is 38.6 Å². The first-order valence-corrected chi connectivity index (χ1v) is 6.72. The van der Waals surface area contributed by atoms with E-state index in [-0.39, 0.29) is 12.5 Å². The number of aliphatic hydroxyl groups excluding tert-OH is 1. The number of aliphatic hydroxyl groups is 1. The normalized spacial score (nSPS) is 11.8. The van der Waals surface area contributed by atoms with Crippen LogP contribution in [0.3, 0.4) is 0 Å². The minimum Gasteiger partial charge on any atom is -0.497 e. The van der Waals surface area contributed by atoms with Gasteiger partial charge in [-0.1, -0.05) is 0 Å². The van der Waals surface area contributed by atoms with E-state index in [4.69, 9.17) is 9.47 Å². The Labute approximate surface area is 128 Å². The van der Waals surface area contributed by atoms with Crippen LogP contribution in [-0.4, -0.2) is 41.6 Å². The van der Waals surface area contributed by atoms with Gasteiger partial charge in [0, 0.05) is 25.4 Å². The quantitative estimate of drug-likeness (QED) is 0.828. The van der Waals surface area contributed by atoms with Gasteiger partial charge in [0.25, 0.3) is 5.91 Å². The summed E-state index contributed by atoms with van der Waals surface area (Å²) in [6.45, 7) is 0.0528. The lowest BCUT2D eigenvalue weighted by Crippen LogP contribution is -2.28. The van der Waals surface area contributed by atoms with Crippen molar-refractivity contribution in [1.82, 2.24) is 15.1 Å². The molecule has 2 rings (SSSR count). The summed E-state index contributed by atoms with van der Waals surface area (Å²) in [5.74, 6) is 0.839. The summed E-state index contributed by atoms with van der Waals surface area (Å²) in [4.78, 5) is 11.9.